The Labute approximate surface area is 236 Å². The van der Waals surface area contributed by atoms with Gasteiger partial charge in [0, 0.05) is 24.5 Å². The summed E-state index contributed by atoms with van der Waals surface area (Å²) < 4.78 is 0. The van der Waals surface area contributed by atoms with Gasteiger partial charge >= 0.3 is 0 Å². The molecule has 3 fully saturated rings. The van der Waals surface area contributed by atoms with Crippen LogP contribution in [-0.4, -0.2) is 42.5 Å². The van der Waals surface area contributed by atoms with Crippen molar-refractivity contribution in [3.05, 3.63) is 11.6 Å². The highest BCUT2D eigenvalue weighted by molar-refractivity contribution is 6.20. The van der Waals surface area contributed by atoms with Crippen molar-refractivity contribution in [2.45, 2.75) is 142 Å². The van der Waals surface area contributed by atoms with Crippen LogP contribution in [-0.2, 0) is 0 Å². The SMILES string of the molecule is CC(C)[C@H](CN1CCC(C2CCC(Cl)CC2)C(C)(C)C1)NCCCCC1CCC(C2=CCCCC2)CC1. The molecule has 3 aliphatic carbocycles. The van der Waals surface area contributed by atoms with Gasteiger partial charge < -0.3 is 10.2 Å². The first-order valence-corrected chi connectivity index (χ1v) is 17.0. The zero-order chi connectivity index (χ0) is 26.3. The summed E-state index contributed by atoms with van der Waals surface area (Å²) in [6.45, 7) is 14.9. The van der Waals surface area contributed by atoms with E-state index in [0.717, 1.165) is 23.7 Å². The largest absolute Gasteiger partial charge is 0.312 e. The highest BCUT2D eigenvalue weighted by Gasteiger charge is 2.41. The number of piperidine rings is 1. The number of halogens is 1. The maximum Gasteiger partial charge on any atom is 0.0336 e. The average Bonchev–Trinajstić information content (AvgIpc) is 2.89. The molecule has 0 bridgehead atoms. The van der Waals surface area contributed by atoms with Crippen molar-refractivity contribution < 1.29 is 0 Å². The van der Waals surface area contributed by atoms with Gasteiger partial charge in [-0.05, 0) is 138 Å². The molecule has 0 aromatic heterocycles. The first-order chi connectivity index (χ1) is 17.8. The van der Waals surface area contributed by atoms with Crippen molar-refractivity contribution in [3.63, 3.8) is 0 Å². The average molecular weight is 533 g/mol. The highest BCUT2D eigenvalue weighted by atomic mass is 35.5. The summed E-state index contributed by atoms with van der Waals surface area (Å²) in [6.07, 6.45) is 25.0. The van der Waals surface area contributed by atoms with Gasteiger partial charge in [-0.25, -0.2) is 0 Å². The lowest BCUT2D eigenvalue weighted by atomic mass is 9.64. The van der Waals surface area contributed by atoms with Gasteiger partial charge in [0.05, 0.1) is 0 Å². The van der Waals surface area contributed by atoms with Crippen LogP contribution in [0.2, 0.25) is 0 Å². The van der Waals surface area contributed by atoms with Crippen LogP contribution in [0.5, 0.6) is 0 Å². The molecule has 0 radical (unpaired) electrons. The lowest BCUT2D eigenvalue weighted by Gasteiger charge is -2.49. The lowest BCUT2D eigenvalue weighted by Crippen LogP contribution is -2.53. The number of likely N-dealkylation sites (tertiary alicyclic amines) is 1. The van der Waals surface area contributed by atoms with Crippen molar-refractivity contribution in [2.24, 2.45) is 35.0 Å². The quantitative estimate of drug-likeness (QED) is 0.162. The fraction of sp³-hybridized carbons (Fsp3) is 0.941. The van der Waals surface area contributed by atoms with Crippen molar-refractivity contribution in [1.29, 1.82) is 0 Å². The standard InChI is InChI=1S/C34H61ClN2/c1-26(2)33(24-37-23-21-32(34(3,4)25-37)30-17-19-31(35)20-18-30)36-22-9-8-10-27-13-15-29(16-14-27)28-11-6-5-7-12-28/h11,26-27,29-33,36H,5-10,12-25H2,1-4H3/t27?,29?,30?,31?,32?,33-/m0/s1. The van der Waals surface area contributed by atoms with E-state index in [1.165, 1.54) is 129 Å². The van der Waals surface area contributed by atoms with Gasteiger partial charge in [-0.2, -0.15) is 0 Å². The molecule has 1 saturated heterocycles. The van der Waals surface area contributed by atoms with E-state index < -0.39 is 0 Å². The number of unbranched alkanes of at least 4 members (excludes halogenated alkanes) is 1. The Morgan fingerprint density at radius 1 is 0.973 bits per heavy atom. The van der Waals surface area contributed by atoms with E-state index in [0.29, 0.717) is 22.8 Å². The van der Waals surface area contributed by atoms with Gasteiger partial charge in [0.25, 0.3) is 0 Å². The van der Waals surface area contributed by atoms with Gasteiger partial charge in [0.2, 0.25) is 0 Å². The van der Waals surface area contributed by atoms with Crippen LogP contribution in [0.4, 0.5) is 0 Å². The van der Waals surface area contributed by atoms with E-state index in [1.807, 2.05) is 5.57 Å². The molecule has 3 heteroatoms. The predicted octanol–water partition coefficient (Wildman–Crippen LogP) is 9.22. The molecule has 4 aliphatic rings. The first-order valence-electron chi connectivity index (χ1n) is 16.6. The molecule has 0 amide bonds. The molecule has 0 aromatic rings. The normalized spacial score (nSPS) is 34.3. The predicted molar refractivity (Wildman–Crippen MR) is 162 cm³/mol. The monoisotopic (exact) mass is 532 g/mol. The van der Waals surface area contributed by atoms with Gasteiger partial charge in [-0.15, -0.1) is 11.6 Å². The zero-order valence-electron chi connectivity index (χ0n) is 25.1. The van der Waals surface area contributed by atoms with Gasteiger partial charge in [-0.1, -0.05) is 52.2 Å². The molecule has 1 unspecified atom stereocenters. The fourth-order valence-electron chi connectivity index (χ4n) is 8.69. The molecule has 214 valence electrons. The lowest BCUT2D eigenvalue weighted by molar-refractivity contribution is 0.00485. The Bertz CT molecular complexity index is 684. The second kappa shape index (κ2) is 14.5. The number of hydrogen-bond acceptors (Lipinski definition) is 2. The number of allylic oxidation sites excluding steroid dienone is 2. The Hall–Kier alpha value is -0.0500. The topological polar surface area (TPSA) is 15.3 Å². The third-order valence-electron chi connectivity index (χ3n) is 11.1. The van der Waals surface area contributed by atoms with E-state index in [-0.39, 0.29) is 0 Å². The minimum Gasteiger partial charge on any atom is -0.312 e. The van der Waals surface area contributed by atoms with Crippen LogP contribution in [0.25, 0.3) is 0 Å². The number of alkyl halides is 1. The molecule has 2 nitrogen and oxygen atoms in total. The van der Waals surface area contributed by atoms with Crippen molar-refractivity contribution in [3.8, 4) is 0 Å². The molecular formula is C34H61ClN2. The Morgan fingerprint density at radius 3 is 2.38 bits per heavy atom. The minimum atomic E-state index is 0.427. The van der Waals surface area contributed by atoms with Crippen molar-refractivity contribution >= 4 is 11.6 Å². The van der Waals surface area contributed by atoms with Gasteiger partial charge in [0.15, 0.2) is 0 Å². The van der Waals surface area contributed by atoms with Gasteiger partial charge in [-0.3, -0.25) is 0 Å². The molecule has 2 saturated carbocycles. The Balaban J connectivity index is 1.12. The number of hydrogen-bond donors (Lipinski definition) is 1. The maximum atomic E-state index is 6.42. The second-order valence-electron chi connectivity index (χ2n) is 14.7. The molecular weight excluding hydrogens is 472 g/mol. The zero-order valence-corrected chi connectivity index (χ0v) is 25.8. The van der Waals surface area contributed by atoms with Crippen LogP contribution >= 0.6 is 11.6 Å². The molecule has 0 spiro atoms. The van der Waals surface area contributed by atoms with Crippen LogP contribution in [0.3, 0.4) is 0 Å². The highest BCUT2D eigenvalue weighted by Crippen LogP contribution is 2.45. The van der Waals surface area contributed by atoms with Crippen LogP contribution in [0.1, 0.15) is 130 Å². The van der Waals surface area contributed by atoms with Gasteiger partial charge in [0.1, 0.15) is 0 Å². The summed E-state index contributed by atoms with van der Waals surface area (Å²) in [5.74, 6) is 4.44. The molecule has 2 atom stereocenters. The summed E-state index contributed by atoms with van der Waals surface area (Å²) in [6, 6.07) is 0.623. The van der Waals surface area contributed by atoms with E-state index in [9.17, 15) is 0 Å². The Kier molecular flexibility index (Phi) is 11.8. The molecule has 1 heterocycles. The summed E-state index contributed by atoms with van der Waals surface area (Å²) in [7, 11) is 0. The third kappa shape index (κ3) is 8.97. The van der Waals surface area contributed by atoms with E-state index in [2.05, 4.69) is 44.0 Å². The molecule has 1 N–H and O–H groups in total. The number of rotatable bonds is 11. The molecule has 0 aromatic carbocycles. The van der Waals surface area contributed by atoms with Crippen molar-refractivity contribution in [2.75, 3.05) is 26.2 Å². The molecule has 4 rings (SSSR count). The van der Waals surface area contributed by atoms with E-state index in [4.69, 9.17) is 11.6 Å². The maximum absolute atomic E-state index is 6.42. The summed E-state index contributed by atoms with van der Waals surface area (Å²) >= 11 is 6.42. The summed E-state index contributed by atoms with van der Waals surface area (Å²) in [4.78, 5) is 2.79. The van der Waals surface area contributed by atoms with Crippen molar-refractivity contribution in [1.82, 2.24) is 10.2 Å². The number of nitrogens with one attached hydrogen (secondary N) is 1. The number of nitrogens with zero attached hydrogens (tertiary/aromatic N) is 1. The van der Waals surface area contributed by atoms with Crippen LogP contribution < -0.4 is 5.32 Å². The smallest absolute Gasteiger partial charge is 0.0336 e. The fourth-order valence-corrected chi connectivity index (χ4v) is 8.94. The Morgan fingerprint density at radius 2 is 1.73 bits per heavy atom. The second-order valence-corrected chi connectivity index (χ2v) is 15.3. The summed E-state index contributed by atoms with van der Waals surface area (Å²) in [5.41, 5.74) is 2.26. The molecule has 1 aliphatic heterocycles. The third-order valence-corrected chi connectivity index (χ3v) is 11.5. The first kappa shape index (κ1) is 29.9. The molecule has 37 heavy (non-hydrogen) atoms. The summed E-state index contributed by atoms with van der Waals surface area (Å²) in [5, 5.41) is 4.44. The van der Waals surface area contributed by atoms with E-state index >= 15 is 0 Å². The van der Waals surface area contributed by atoms with E-state index in [1.54, 1.807) is 0 Å². The van der Waals surface area contributed by atoms with Crippen LogP contribution in [0.15, 0.2) is 11.6 Å². The van der Waals surface area contributed by atoms with Crippen LogP contribution in [0, 0.1) is 35.0 Å². The minimum absolute atomic E-state index is 0.427.